The molecule has 3 N–H and O–H groups in total. The van der Waals surface area contributed by atoms with Gasteiger partial charge in [0.2, 0.25) is 5.91 Å². The maximum Gasteiger partial charge on any atom is 0.273 e. The second-order valence-corrected chi connectivity index (χ2v) is 6.80. The number of nitrogens with two attached hydrogens (primary N) is 1. The number of aromatic nitrogens is 2. The van der Waals surface area contributed by atoms with Crippen LogP contribution >= 0.6 is 0 Å². The van der Waals surface area contributed by atoms with Crippen LogP contribution in [0.3, 0.4) is 0 Å². The SMILES string of the molecule is NC(=O)C1CC(C(=O)Nc2ccnn2Cc2ccccc2)=NN1c1ccc(F)cc1. The molecule has 9 heteroatoms. The normalized spacial score (nSPS) is 15.7. The molecular weight excluding hydrogens is 387 g/mol. The zero-order chi connectivity index (χ0) is 21.1. The van der Waals surface area contributed by atoms with E-state index in [1.54, 1.807) is 16.9 Å². The highest BCUT2D eigenvalue weighted by Gasteiger charge is 2.35. The molecule has 1 unspecified atom stereocenters. The molecule has 1 atom stereocenters. The highest BCUT2D eigenvalue weighted by Crippen LogP contribution is 2.25. The summed E-state index contributed by atoms with van der Waals surface area (Å²) in [7, 11) is 0. The number of hydrogen-bond donors (Lipinski definition) is 2. The number of hydrogen-bond acceptors (Lipinski definition) is 5. The van der Waals surface area contributed by atoms with Crippen LogP contribution < -0.4 is 16.1 Å². The first kappa shape index (κ1) is 19.3. The second-order valence-electron chi connectivity index (χ2n) is 6.80. The van der Waals surface area contributed by atoms with Gasteiger partial charge in [0, 0.05) is 12.5 Å². The standard InChI is InChI=1S/C21H19FN6O2/c22-15-6-8-16(9-7-15)28-18(20(23)29)12-17(26-28)21(30)25-19-10-11-24-27(19)13-14-4-2-1-3-5-14/h1-11,18H,12-13H2,(H2,23,29)(H,25,30). The van der Waals surface area contributed by atoms with E-state index in [9.17, 15) is 14.0 Å². The van der Waals surface area contributed by atoms with Crippen LogP contribution in [0.5, 0.6) is 0 Å². The van der Waals surface area contributed by atoms with E-state index in [0.717, 1.165) is 5.56 Å². The Bertz CT molecular complexity index is 1090. The molecule has 0 bridgehead atoms. The molecule has 0 radical (unpaired) electrons. The summed E-state index contributed by atoms with van der Waals surface area (Å²) in [5.41, 5.74) is 7.14. The number of nitrogens with zero attached hydrogens (tertiary/aromatic N) is 4. The van der Waals surface area contributed by atoms with Crippen molar-refractivity contribution in [2.75, 3.05) is 10.3 Å². The summed E-state index contributed by atoms with van der Waals surface area (Å²) >= 11 is 0. The molecule has 1 aliphatic heterocycles. The summed E-state index contributed by atoms with van der Waals surface area (Å²) in [5, 5.41) is 12.6. The topological polar surface area (TPSA) is 106 Å². The van der Waals surface area contributed by atoms with Gasteiger partial charge in [0.05, 0.1) is 18.4 Å². The van der Waals surface area contributed by atoms with Gasteiger partial charge in [-0.25, -0.2) is 9.07 Å². The molecule has 0 aliphatic carbocycles. The first-order valence-electron chi connectivity index (χ1n) is 9.30. The van der Waals surface area contributed by atoms with Gasteiger partial charge in [-0.3, -0.25) is 14.6 Å². The first-order chi connectivity index (χ1) is 14.5. The lowest BCUT2D eigenvalue weighted by Gasteiger charge is -2.20. The van der Waals surface area contributed by atoms with Crippen molar-refractivity contribution >= 4 is 29.0 Å². The molecule has 3 aromatic rings. The third-order valence-corrected chi connectivity index (χ3v) is 4.73. The Balaban J connectivity index is 1.52. The van der Waals surface area contributed by atoms with E-state index >= 15 is 0 Å². The number of benzene rings is 2. The first-order valence-corrected chi connectivity index (χ1v) is 9.30. The van der Waals surface area contributed by atoms with E-state index in [1.165, 1.54) is 29.3 Å². The molecule has 30 heavy (non-hydrogen) atoms. The van der Waals surface area contributed by atoms with Gasteiger partial charge in [0.25, 0.3) is 5.91 Å². The van der Waals surface area contributed by atoms with Crippen LogP contribution in [0.15, 0.2) is 72.0 Å². The van der Waals surface area contributed by atoms with Crippen molar-refractivity contribution in [3.63, 3.8) is 0 Å². The number of carbonyl (C=O) groups is 2. The Morgan fingerprint density at radius 1 is 1.10 bits per heavy atom. The van der Waals surface area contributed by atoms with Crippen molar-refractivity contribution in [2.45, 2.75) is 19.0 Å². The van der Waals surface area contributed by atoms with Crippen molar-refractivity contribution in [3.05, 3.63) is 78.2 Å². The zero-order valence-corrected chi connectivity index (χ0v) is 15.9. The Kier molecular flexibility index (Phi) is 5.25. The van der Waals surface area contributed by atoms with E-state index in [1.807, 2.05) is 30.3 Å². The maximum atomic E-state index is 13.2. The van der Waals surface area contributed by atoms with Crippen LogP contribution in [0.25, 0.3) is 0 Å². The molecule has 152 valence electrons. The van der Waals surface area contributed by atoms with Crippen LogP contribution in [-0.2, 0) is 16.1 Å². The quantitative estimate of drug-likeness (QED) is 0.654. The lowest BCUT2D eigenvalue weighted by atomic mass is 10.1. The largest absolute Gasteiger partial charge is 0.368 e. The van der Waals surface area contributed by atoms with Gasteiger partial charge in [-0.2, -0.15) is 10.2 Å². The predicted octanol–water partition coefficient (Wildman–Crippen LogP) is 2.13. The summed E-state index contributed by atoms with van der Waals surface area (Å²) in [4.78, 5) is 24.7. The summed E-state index contributed by atoms with van der Waals surface area (Å²) in [6.45, 7) is 0.488. The number of primary amides is 1. The smallest absolute Gasteiger partial charge is 0.273 e. The minimum Gasteiger partial charge on any atom is -0.368 e. The summed E-state index contributed by atoms with van der Waals surface area (Å²) in [6, 6.07) is 16.0. The number of halogens is 1. The molecule has 0 saturated heterocycles. The molecule has 2 heterocycles. The molecule has 8 nitrogen and oxygen atoms in total. The van der Waals surface area contributed by atoms with Gasteiger partial charge >= 0.3 is 0 Å². The molecule has 1 aliphatic rings. The van der Waals surface area contributed by atoms with Crippen LogP contribution in [-0.4, -0.2) is 33.3 Å². The highest BCUT2D eigenvalue weighted by atomic mass is 19.1. The number of rotatable bonds is 6. The third-order valence-electron chi connectivity index (χ3n) is 4.73. The molecule has 2 amide bonds. The Hall–Kier alpha value is -4.01. The van der Waals surface area contributed by atoms with E-state index in [0.29, 0.717) is 18.1 Å². The molecule has 0 spiro atoms. The Morgan fingerprint density at radius 2 is 1.83 bits per heavy atom. The average Bonchev–Trinajstić information content (AvgIpc) is 3.37. The van der Waals surface area contributed by atoms with Crippen LogP contribution in [0, 0.1) is 5.82 Å². The Labute approximate surface area is 171 Å². The third kappa shape index (κ3) is 4.04. The molecule has 0 fully saturated rings. The zero-order valence-electron chi connectivity index (χ0n) is 15.9. The van der Waals surface area contributed by atoms with Crippen LogP contribution in [0.4, 0.5) is 15.9 Å². The van der Waals surface area contributed by atoms with E-state index in [2.05, 4.69) is 15.5 Å². The minimum atomic E-state index is -0.828. The van der Waals surface area contributed by atoms with Crippen molar-refractivity contribution in [3.8, 4) is 0 Å². The minimum absolute atomic E-state index is 0.0470. The number of amides is 2. The van der Waals surface area contributed by atoms with Crippen molar-refractivity contribution in [2.24, 2.45) is 10.8 Å². The molecular formula is C21H19FN6O2. The van der Waals surface area contributed by atoms with E-state index < -0.39 is 23.7 Å². The van der Waals surface area contributed by atoms with Crippen molar-refractivity contribution in [1.82, 2.24) is 9.78 Å². The number of nitrogens with one attached hydrogen (secondary N) is 1. The van der Waals surface area contributed by atoms with E-state index in [-0.39, 0.29) is 12.1 Å². The lowest BCUT2D eigenvalue weighted by molar-refractivity contribution is -0.119. The van der Waals surface area contributed by atoms with E-state index in [4.69, 9.17) is 5.73 Å². The van der Waals surface area contributed by atoms with Crippen LogP contribution in [0.2, 0.25) is 0 Å². The molecule has 2 aromatic carbocycles. The summed E-state index contributed by atoms with van der Waals surface area (Å²) < 4.78 is 14.9. The highest BCUT2D eigenvalue weighted by molar-refractivity contribution is 6.44. The predicted molar refractivity (Wildman–Crippen MR) is 110 cm³/mol. The van der Waals surface area contributed by atoms with Crippen molar-refractivity contribution in [1.29, 1.82) is 0 Å². The lowest BCUT2D eigenvalue weighted by Crippen LogP contribution is -2.39. The molecule has 1 aromatic heterocycles. The molecule has 4 rings (SSSR count). The van der Waals surface area contributed by atoms with Crippen LogP contribution in [0.1, 0.15) is 12.0 Å². The fourth-order valence-electron chi connectivity index (χ4n) is 3.21. The average molecular weight is 406 g/mol. The fourth-order valence-corrected chi connectivity index (χ4v) is 3.21. The van der Waals surface area contributed by atoms with Gasteiger partial charge in [-0.1, -0.05) is 30.3 Å². The molecule has 0 saturated carbocycles. The van der Waals surface area contributed by atoms with Gasteiger partial charge in [-0.05, 0) is 29.8 Å². The maximum absolute atomic E-state index is 13.2. The Morgan fingerprint density at radius 3 is 2.53 bits per heavy atom. The number of hydrazone groups is 1. The van der Waals surface area contributed by atoms with Gasteiger partial charge in [-0.15, -0.1) is 0 Å². The monoisotopic (exact) mass is 406 g/mol. The fraction of sp³-hybridized carbons (Fsp3) is 0.143. The van der Waals surface area contributed by atoms with Gasteiger partial charge in [0.15, 0.2) is 0 Å². The van der Waals surface area contributed by atoms with Crippen molar-refractivity contribution < 1.29 is 14.0 Å². The van der Waals surface area contributed by atoms with Gasteiger partial charge in [0.1, 0.15) is 23.4 Å². The summed E-state index contributed by atoms with van der Waals surface area (Å²) in [5.74, 6) is -0.995. The van der Waals surface area contributed by atoms with Gasteiger partial charge < -0.3 is 11.1 Å². The summed E-state index contributed by atoms with van der Waals surface area (Å²) in [6.07, 6.45) is 1.64. The number of anilines is 2. The number of carbonyl (C=O) groups excluding carboxylic acids is 2. The second kappa shape index (κ2) is 8.16.